The zero-order chi connectivity index (χ0) is 54.5. The molecule has 74 heavy (non-hydrogen) atoms. The average Bonchev–Trinajstić information content (AvgIpc) is 3.40. The number of rotatable bonds is 35. The van der Waals surface area contributed by atoms with Gasteiger partial charge in [-0.25, -0.2) is 0 Å². The van der Waals surface area contributed by atoms with E-state index in [9.17, 15) is 0 Å². The molecule has 0 bridgehead atoms. The highest BCUT2D eigenvalue weighted by Gasteiger charge is 2.58. The van der Waals surface area contributed by atoms with Crippen LogP contribution in [0.2, 0.25) is 0 Å². The van der Waals surface area contributed by atoms with E-state index in [0.29, 0.717) is 0 Å². The maximum Gasteiger partial charge on any atom is 0.187 e. The first kappa shape index (κ1) is 65.5. The molecule has 0 aliphatic carbocycles. The topological polar surface area (TPSA) is 240 Å². The van der Waals surface area contributed by atoms with Crippen LogP contribution in [0.25, 0.3) is 0 Å². The van der Waals surface area contributed by atoms with Crippen molar-refractivity contribution >= 4 is 0 Å². The summed E-state index contributed by atoms with van der Waals surface area (Å²) < 4.78 is 160. The van der Waals surface area contributed by atoms with Crippen molar-refractivity contribution in [2.45, 2.75) is 147 Å². The van der Waals surface area contributed by atoms with Crippen LogP contribution in [0, 0.1) is 0 Å². The molecule has 4 rings (SSSR count). The van der Waals surface area contributed by atoms with Crippen molar-refractivity contribution in [3.63, 3.8) is 0 Å². The van der Waals surface area contributed by atoms with Crippen LogP contribution in [0.1, 0.15) is 0 Å². The molecule has 0 amide bonds. The minimum absolute atomic E-state index is 0.0120. The Morgan fingerprint density at radius 1 is 0.270 bits per heavy atom. The van der Waals surface area contributed by atoms with Gasteiger partial charge in [-0.05, 0) is 0 Å². The van der Waals surface area contributed by atoms with Gasteiger partial charge in [-0.15, -0.1) is 0 Å². The van der Waals surface area contributed by atoms with E-state index in [1.165, 1.54) is 64.0 Å². The molecule has 0 radical (unpaired) electrons. The summed E-state index contributed by atoms with van der Waals surface area (Å²) >= 11 is 0. The molecular weight excluding hydrogens is 993 g/mol. The van der Waals surface area contributed by atoms with Gasteiger partial charge in [-0.3, -0.25) is 0 Å². The van der Waals surface area contributed by atoms with Crippen molar-refractivity contribution in [3.8, 4) is 0 Å². The summed E-state index contributed by atoms with van der Waals surface area (Å²) in [4.78, 5) is 0. The standard InChI is InChI=1S/C48H90O26/c1-49-19-25(55-7)31(57-9)33(26(56-8)20-50-2)71-46-42(64-16)38(60-12)35(28(68-46)22-52-4)73-48-44(66-18)40(62-14)36(30(70-48)24-54-6)74-47-43(65-17)39(61-13)34(29(69-47)23-53-5)72-45-41(63-15)37(59-11)32(58-10)27(67-45)21-51-3/h25-48H,19-24H2,1-18H3/t25-,26+,27+,28+,29+,30+,31+,32-,33-,34-,35-,36-,37-,38-,39-,40-,41+,42+,43+,44+,45+,46+,47+,48+/m0/s1. The molecular formula is C48H90O26. The fourth-order valence-corrected chi connectivity index (χ4v) is 10.4. The second kappa shape index (κ2) is 34.2. The molecule has 0 N–H and O–H groups in total. The minimum atomic E-state index is -1.15. The summed E-state index contributed by atoms with van der Waals surface area (Å²) in [5.41, 5.74) is 0. The van der Waals surface area contributed by atoms with Crippen LogP contribution in [-0.2, 0) is 123 Å². The van der Waals surface area contributed by atoms with Crippen LogP contribution >= 0.6 is 0 Å². The molecule has 0 spiro atoms. The molecule has 4 aliphatic heterocycles. The van der Waals surface area contributed by atoms with Crippen molar-refractivity contribution in [3.05, 3.63) is 0 Å². The highest BCUT2D eigenvalue weighted by Crippen LogP contribution is 2.39. The van der Waals surface area contributed by atoms with Crippen molar-refractivity contribution < 1.29 is 123 Å². The Kier molecular flexibility index (Phi) is 30.2. The highest BCUT2D eigenvalue weighted by atomic mass is 16.8. The van der Waals surface area contributed by atoms with Gasteiger partial charge in [0.2, 0.25) is 0 Å². The Morgan fingerprint density at radius 3 is 0.811 bits per heavy atom. The molecule has 438 valence electrons. The molecule has 4 heterocycles. The van der Waals surface area contributed by atoms with Crippen LogP contribution < -0.4 is 0 Å². The Balaban J connectivity index is 1.66. The normalized spacial score (nSPS) is 38.7. The summed E-state index contributed by atoms with van der Waals surface area (Å²) in [5, 5.41) is 0. The van der Waals surface area contributed by atoms with Gasteiger partial charge in [-0.2, -0.15) is 0 Å². The summed E-state index contributed by atoms with van der Waals surface area (Å²) in [5.74, 6) is 0. The lowest BCUT2D eigenvalue weighted by Gasteiger charge is -2.52. The fourth-order valence-electron chi connectivity index (χ4n) is 10.4. The second-order valence-electron chi connectivity index (χ2n) is 17.9. The lowest BCUT2D eigenvalue weighted by Crippen LogP contribution is -2.69. The van der Waals surface area contributed by atoms with Crippen molar-refractivity contribution in [2.24, 2.45) is 0 Å². The molecule has 0 aromatic carbocycles. The first-order chi connectivity index (χ1) is 35.9. The maximum atomic E-state index is 6.92. The van der Waals surface area contributed by atoms with E-state index >= 15 is 0 Å². The van der Waals surface area contributed by atoms with Gasteiger partial charge in [0.15, 0.2) is 25.2 Å². The third-order valence-corrected chi connectivity index (χ3v) is 13.9. The quantitative estimate of drug-likeness (QED) is 0.0776. The Hall–Kier alpha value is -1.04. The summed E-state index contributed by atoms with van der Waals surface area (Å²) in [6.45, 7) is 0.604. The van der Waals surface area contributed by atoms with E-state index in [4.69, 9.17) is 123 Å². The largest absolute Gasteiger partial charge is 0.382 e. The van der Waals surface area contributed by atoms with Crippen LogP contribution in [0.4, 0.5) is 0 Å². The van der Waals surface area contributed by atoms with E-state index in [0.717, 1.165) is 0 Å². The number of ether oxygens (including phenoxy) is 26. The van der Waals surface area contributed by atoms with Crippen molar-refractivity contribution in [1.29, 1.82) is 0 Å². The molecule has 4 saturated heterocycles. The minimum Gasteiger partial charge on any atom is -0.382 e. The first-order valence-corrected chi connectivity index (χ1v) is 24.5. The molecule has 4 aliphatic rings. The number of hydrogen-bond acceptors (Lipinski definition) is 26. The molecule has 24 atom stereocenters. The van der Waals surface area contributed by atoms with Gasteiger partial charge in [0.25, 0.3) is 0 Å². The second-order valence-corrected chi connectivity index (χ2v) is 17.9. The van der Waals surface area contributed by atoms with E-state index in [2.05, 4.69) is 0 Å². The Labute approximate surface area is 437 Å². The predicted octanol–water partition coefficient (Wildman–Crippen LogP) is -0.515. The van der Waals surface area contributed by atoms with Gasteiger partial charge in [0.05, 0.1) is 39.6 Å². The van der Waals surface area contributed by atoms with Crippen molar-refractivity contribution in [1.82, 2.24) is 0 Å². The lowest BCUT2D eigenvalue weighted by molar-refractivity contribution is -0.396. The highest BCUT2D eigenvalue weighted by molar-refractivity contribution is 5.01. The summed E-state index contributed by atoms with van der Waals surface area (Å²) in [7, 11) is 27.7. The first-order valence-electron chi connectivity index (χ1n) is 24.5. The lowest BCUT2D eigenvalue weighted by atomic mass is 9.95. The molecule has 0 aromatic heterocycles. The molecule has 4 fully saturated rings. The third kappa shape index (κ3) is 15.7. The summed E-state index contributed by atoms with van der Waals surface area (Å²) in [6, 6.07) is 0. The van der Waals surface area contributed by atoms with Gasteiger partial charge in [0, 0.05) is 128 Å². The van der Waals surface area contributed by atoms with E-state index in [1.807, 2.05) is 0 Å². The molecule has 26 nitrogen and oxygen atoms in total. The van der Waals surface area contributed by atoms with Gasteiger partial charge < -0.3 is 123 Å². The molecule has 0 unspecified atom stereocenters. The molecule has 0 aromatic rings. The van der Waals surface area contributed by atoms with Gasteiger partial charge in [-0.1, -0.05) is 0 Å². The zero-order valence-electron chi connectivity index (χ0n) is 46.7. The van der Waals surface area contributed by atoms with Gasteiger partial charge in [0.1, 0.15) is 122 Å². The number of hydrogen-bond donors (Lipinski definition) is 0. The SMILES string of the molecule is COC[C@H](OC)[C@@H](OC)[C@@H](O[C@H]1O[C@H](COC)[C@H](O[C@H]2O[C@H](COC)[C@H](O[C@H]3O[C@H](COC)[C@H](O[C@H]4O[C@H](COC)[C@H](OC)[C@H](OC)[C@H]4OC)[C@H](OC)[C@H]3OC)[C@H](OC)[C@H]2OC)[C@H](OC)[C@H]1OC)[C@@H](COC)OC. The molecule has 0 saturated carbocycles. The zero-order valence-corrected chi connectivity index (χ0v) is 46.7. The maximum absolute atomic E-state index is 6.92. The van der Waals surface area contributed by atoms with Crippen LogP contribution in [0.3, 0.4) is 0 Å². The predicted molar refractivity (Wildman–Crippen MR) is 255 cm³/mol. The van der Waals surface area contributed by atoms with Crippen LogP contribution in [0.5, 0.6) is 0 Å². The Morgan fingerprint density at radius 2 is 0.541 bits per heavy atom. The average molecular weight is 1080 g/mol. The van der Waals surface area contributed by atoms with E-state index < -0.39 is 147 Å². The monoisotopic (exact) mass is 1080 g/mol. The Bertz CT molecular complexity index is 1460. The van der Waals surface area contributed by atoms with Gasteiger partial charge >= 0.3 is 0 Å². The third-order valence-electron chi connectivity index (χ3n) is 13.9. The fraction of sp³-hybridized carbons (Fsp3) is 1.00. The van der Waals surface area contributed by atoms with Crippen LogP contribution in [-0.4, -0.2) is 315 Å². The van der Waals surface area contributed by atoms with E-state index in [-0.39, 0.29) is 39.6 Å². The smallest absolute Gasteiger partial charge is 0.187 e. The van der Waals surface area contributed by atoms with E-state index in [1.54, 1.807) is 64.0 Å². The van der Waals surface area contributed by atoms with Crippen LogP contribution in [0.15, 0.2) is 0 Å². The number of methoxy groups -OCH3 is 18. The molecule has 26 heteroatoms. The summed E-state index contributed by atoms with van der Waals surface area (Å²) in [6.07, 6.45) is -20.2. The van der Waals surface area contributed by atoms with Crippen molar-refractivity contribution in [2.75, 3.05) is 168 Å².